The van der Waals surface area contributed by atoms with E-state index in [1.165, 1.54) is 11.1 Å². The summed E-state index contributed by atoms with van der Waals surface area (Å²) in [7, 11) is 0. The van der Waals surface area contributed by atoms with Gasteiger partial charge >= 0.3 is 0 Å². The Kier molecular flexibility index (Phi) is 6.25. The highest BCUT2D eigenvalue weighted by Gasteiger charge is 2.13. The number of rotatable bonds is 0. The summed E-state index contributed by atoms with van der Waals surface area (Å²) in [6, 6.07) is 8.99. The van der Waals surface area contributed by atoms with Gasteiger partial charge in [-0.2, -0.15) is 0 Å². The number of carbonyl (C=O) groups is 1. The van der Waals surface area contributed by atoms with Gasteiger partial charge in [0.05, 0.1) is 0 Å². The van der Waals surface area contributed by atoms with Gasteiger partial charge in [-0.3, -0.25) is 4.79 Å². The summed E-state index contributed by atoms with van der Waals surface area (Å²) >= 11 is 0. The summed E-state index contributed by atoms with van der Waals surface area (Å²) in [4.78, 5) is 11.8. The number of aryl methyl sites for hydroxylation is 2. The molecular weight excluding hydrogens is 248 g/mol. The van der Waals surface area contributed by atoms with Crippen LogP contribution < -0.4 is 0 Å². The molecule has 3 rings (SSSR count). The average molecular weight is 274 g/mol. The van der Waals surface area contributed by atoms with Gasteiger partial charge in [0.1, 0.15) is 6.10 Å². The van der Waals surface area contributed by atoms with E-state index in [-0.39, 0.29) is 5.78 Å². The molecule has 1 atom stereocenters. The number of aliphatic hydroxyl groups excluding tert-OH is 1. The smallest absolute Gasteiger partial charge is 0.161 e. The Morgan fingerprint density at radius 2 is 1.25 bits per heavy atom. The van der Waals surface area contributed by atoms with E-state index in [2.05, 4.69) is 24.3 Å². The van der Waals surface area contributed by atoms with Gasteiger partial charge in [0.25, 0.3) is 0 Å². The highest BCUT2D eigenvalue weighted by atomic mass is 16.3. The summed E-state index contributed by atoms with van der Waals surface area (Å²) in [5.41, 5.74) is 2.80. The first-order chi connectivity index (χ1) is 9.75. The number of benzene rings is 1. The van der Waals surface area contributed by atoms with Crippen LogP contribution in [0.15, 0.2) is 24.3 Å². The summed E-state index contributed by atoms with van der Waals surface area (Å²) < 4.78 is 0. The molecule has 0 radical (unpaired) electrons. The van der Waals surface area contributed by atoms with Gasteiger partial charge in [-0.25, -0.2) is 0 Å². The molecule has 0 heterocycles. The summed E-state index contributed by atoms with van der Waals surface area (Å²) in [6.07, 6.45) is 8.94. The van der Waals surface area contributed by atoms with Crippen molar-refractivity contribution in [3.05, 3.63) is 35.4 Å². The Balaban J connectivity index is 1.91. The Hall–Kier alpha value is -1.15. The largest absolute Gasteiger partial charge is 0.385 e. The highest BCUT2D eigenvalue weighted by Crippen LogP contribution is 2.15. The maximum Gasteiger partial charge on any atom is 0.161 e. The number of hydrogen-bond donors (Lipinski definition) is 1. The second-order valence-electron chi connectivity index (χ2n) is 5.96. The first kappa shape index (κ1) is 15.2. The third-order valence-corrected chi connectivity index (χ3v) is 4.23. The van der Waals surface area contributed by atoms with E-state index in [0.29, 0.717) is 12.8 Å². The second kappa shape index (κ2) is 8.21. The molecule has 1 aromatic carbocycles. The number of fused-ring (bicyclic) bond motifs is 13. The summed E-state index contributed by atoms with van der Waals surface area (Å²) in [5.74, 6) is 0.0421. The van der Waals surface area contributed by atoms with E-state index in [0.717, 1.165) is 51.4 Å². The van der Waals surface area contributed by atoms with Crippen molar-refractivity contribution in [3.63, 3.8) is 0 Å². The standard InChI is InChI=1S/C18H26O2/c19-17-9-5-1-3-7-15-11-13-16(14-12-15)8-4-2-6-10-18(17)20/h11-14,17,19H,1-10H2/t17-/m0/s1. The first-order valence-corrected chi connectivity index (χ1v) is 8.04. The minimum Gasteiger partial charge on any atom is -0.385 e. The van der Waals surface area contributed by atoms with Gasteiger partial charge in [-0.1, -0.05) is 43.5 Å². The number of aliphatic hydroxyl groups is 1. The Labute approximate surface area is 122 Å². The number of hydrogen-bond acceptors (Lipinski definition) is 2. The zero-order valence-electron chi connectivity index (χ0n) is 12.3. The molecule has 0 fully saturated rings. The number of ketones is 1. The van der Waals surface area contributed by atoms with Crippen molar-refractivity contribution in [2.45, 2.75) is 70.3 Å². The average Bonchev–Trinajstić information content (AvgIpc) is 2.46. The van der Waals surface area contributed by atoms with Crippen molar-refractivity contribution in [2.75, 3.05) is 0 Å². The lowest BCUT2D eigenvalue weighted by Gasteiger charge is -2.10. The van der Waals surface area contributed by atoms with Gasteiger partial charge in [0.2, 0.25) is 0 Å². The zero-order valence-corrected chi connectivity index (χ0v) is 12.3. The predicted octanol–water partition coefficient (Wildman–Crippen LogP) is 3.84. The van der Waals surface area contributed by atoms with Crippen molar-refractivity contribution in [1.82, 2.24) is 0 Å². The molecule has 20 heavy (non-hydrogen) atoms. The summed E-state index contributed by atoms with van der Waals surface area (Å²) in [6.45, 7) is 0. The Morgan fingerprint density at radius 1 is 0.750 bits per heavy atom. The zero-order chi connectivity index (χ0) is 14.2. The van der Waals surface area contributed by atoms with Crippen molar-refractivity contribution in [3.8, 4) is 0 Å². The molecule has 2 aliphatic rings. The van der Waals surface area contributed by atoms with Crippen LogP contribution >= 0.6 is 0 Å². The molecule has 0 amide bonds. The lowest BCUT2D eigenvalue weighted by atomic mass is 9.98. The minimum absolute atomic E-state index is 0.0421. The molecule has 1 aromatic rings. The van der Waals surface area contributed by atoms with Crippen molar-refractivity contribution in [2.24, 2.45) is 0 Å². The van der Waals surface area contributed by atoms with Crippen LogP contribution in [0, 0.1) is 0 Å². The SMILES string of the molecule is O=C1CCCCCc2ccc(cc2)CCCCC[C@@H]1O. The van der Waals surface area contributed by atoms with Crippen LogP contribution in [0.4, 0.5) is 0 Å². The van der Waals surface area contributed by atoms with Crippen molar-refractivity contribution in [1.29, 1.82) is 0 Å². The van der Waals surface area contributed by atoms with E-state index in [1.54, 1.807) is 0 Å². The lowest BCUT2D eigenvalue weighted by molar-refractivity contribution is -0.127. The van der Waals surface area contributed by atoms with E-state index in [1.807, 2.05) is 0 Å². The maximum atomic E-state index is 11.8. The molecule has 2 heteroatoms. The van der Waals surface area contributed by atoms with Crippen LogP contribution in [0.2, 0.25) is 0 Å². The first-order valence-electron chi connectivity index (χ1n) is 8.04. The van der Waals surface area contributed by atoms with Crippen molar-refractivity contribution >= 4 is 5.78 Å². The molecule has 0 saturated heterocycles. The van der Waals surface area contributed by atoms with E-state index >= 15 is 0 Å². The van der Waals surface area contributed by atoms with Crippen LogP contribution in [0.1, 0.15) is 62.5 Å². The lowest BCUT2D eigenvalue weighted by Crippen LogP contribution is -2.19. The molecule has 0 unspecified atom stereocenters. The minimum atomic E-state index is -0.721. The number of Topliss-reactive ketones (excluding diaryl/α,β-unsaturated/α-hetero) is 1. The molecule has 0 saturated carbocycles. The molecule has 0 spiro atoms. The molecule has 1 N–H and O–H groups in total. The molecule has 2 aliphatic carbocycles. The fourth-order valence-corrected chi connectivity index (χ4v) is 2.85. The molecule has 0 aliphatic heterocycles. The van der Waals surface area contributed by atoms with Crippen LogP contribution in [0.25, 0.3) is 0 Å². The Bertz CT molecular complexity index is 408. The van der Waals surface area contributed by atoms with E-state index < -0.39 is 6.10 Å². The van der Waals surface area contributed by atoms with Crippen LogP contribution in [0.3, 0.4) is 0 Å². The monoisotopic (exact) mass is 274 g/mol. The quantitative estimate of drug-likeness (QED) is 0.780. The molecule has 2 nitrogen and oxygen atoms in total. The van der Waals surface area contributed by atoms with Crippen molar-refractivity contribution < 1.29 is 9.90 Å². The molecular formula is C18H26O2. The molecule has 110 valence electrons. The normalized spacial score (nSPS) is 22.9. The van der Waals surface area contributed by atoms with Crippen LogP contribution in [-0.2, 0) is 17.6 Å². The van der Waals surface area contributed by atoms with Gasteiger partial charge in [-0.15, -0.1) is 0 Å². The van der Waals surface area contributed by atoms with Gasteiger partial charge in [0.15, 0.2) is 5.78 Å². The van der Waals surface area contributed by atoms with Crippen LogP contribution in [-0.4, -0.2) is 17.0 Å². The summed E-state index contributed by atoms with van der Waals surface area (Å²) in [5, 5.41) is 9.81. The van der Waals surface area contributed by atoms with E-state index in [4.69, 9.17) is 0 Å². The highest BCUT2D eigenvalue weighted by molar-refractivity contribution is 5.82. The third kappa shape index (κ3) is 5.09. The molecule has 2 bridgehead atoms. The van der Waals surface area contributed by atoms with Gasteiger partial charge in [-0.05, 0) is 49.7 Å². The van der Waals surface area contributed by atoms with Crippen LogP contribution in [0.5, 0.6) is 0 Å². The predicted molar refractivity (Wildman–Crippen MR) is 81.8 cm³/mol. The maximum absolute atomic E-state index is 11.8. The second-order valence-corrected chi connectivity index (χ2v) is 5.96. The topological polar surface area (TPSA) is 37.3 Å². The van der Waals surface area contributed by atoms with E-state index in [9.17, 15) is 9.90 Å². The fourth-order valence-electron chi connectivity index (χ4n) is 2.85. The van der Waals surface area contributed by atoms with Gasteiger partial charge < -0.3 is 5.11 Å². The third-order valence-electron chi connectivity index (χ3n) is 4.23. The molecule has 0 aromatic heterocycles. The fraction of sp³-hybridized carbons (Fsp3) is 0.611. The Morgan fingerprint density at radius 3 is 1.85 bits per heavy atom. The number of carbonyl (C=O) groups excluding carboxylic acids is 1. The van der Waals surface area contributed by atoms with Gasteiger partial charge in [0, 0.05) is 6.42 Å².